The van der Waals surface area contributed by atoms with Crippen molar-refractivity contribution in [3.8, 4) is 0 Å². The second-order valence-electron chi connectivity index (χ2n) is 5.04. The molecule has 2 nitrogen and oxygen atoms in total. The van der Waals surface area contributed by atoms with Crippen LogP contribution in [0.2, 0.25) is 0 Å². The molecule has 98 valence electrons. The first-order valence-electron chi connectivity index (χ1n) is 6.63. The summed E-state index contributed by atoms with van der Waals surface area (Å²) >= 11 is 0. The van der Waals surface area contributed by atoms with Crippen LogP contribution in [0.25, 0.3) is 10.9 Å². The maximum Gasteiger partial charge on any atom is 0.211 e. The average Bonchev–Trinajstić information content (AvgIpc) is 2.48. The lowest BCUT2D eigenvalue weighted by molar-refractivity contribution is 0.103. The molecule has 0 saturated carbocycles. The summed E-state index contributed by atoms with van der Waals surface area (Å²) in [5.74, 6) is -0.0167. The zero-order valence-corrected chi connectivity index (χ0v) is 11.6. The Morgan fingerprint density at radius 2 is 1.75 bits per heavy atom. The summed E-state index contributed by atoms with van der Waals surface area (Å²) in [7, 11) is 0. The van der Waals surface area contributed by atoms with Crippen molar-refractivity contribution >= 4 is 16.7 Å². The van der Waals surface area contributed by atoms with Gasteiger partial charge in [-0.05, 0) is 37.6 Å². The molecule has 2 aromatic carbocycles. The molecule has 0 atom stereocenters. The van der Waals surface area contributed by atoms with Crippen LogP contribution in [-0.4, -0.2) is 10.8 Å². The molecule has 1 heterocycles. The number of hydrogen-bond donors (Lipinski definition) is 0. The zero-order valence-electron chi connectivity index (χ0n) is 11.6. The third-order valence-electron chi connectivity index (χ3n) is 3.47. The smallest absolute Gasteiger partial charge is 0.211 e. The summed E-state index contributed by atoms with van der Waals surface area (Å²) in [5, 5.41) is 1.05. The summed E-state index contributed by atoms with van der Waals surface area (Å²) in [5.41, 5.74) is 4.14. The minimum atomic E-state index is -0.0167. The summed E-state index contributed by atoms with van der Waals surface area (Å²) in [6, 6.07) is 17.5. The van der Waals surface area contributed by atoms with Crippen LogP contribution in [0.5, 0.6) is 0 Å². The van der Waals surface area contributed by atoms with E-state index in [0.29, 0.717) is 5.69 Å². The molecule has 0 aliphatic heterocycles. The molecule has 0 unspecified atom stereocenters. The molecule has 0 bridgehead atoms. The SMILES string of the molecule is Cc1ccc(C)c(C(=O)c2ccc3ccccc3n2)c1. The van der Waals surface area contributed by atoms with Crippen LogP contribution in [0.1, 0.15) is 27.2 Å². The second-order valence-corrected chi connectivity index (χ2v) is 5.04. The highest BCUT2D eigenvalue weighted by atomic mass is 16.1. The number of carbonyl (C=O) groups is 1. The predicted octanol–water partition coefficient (Wildman–Crippen LogP) is 4.08. The van der Waals surface area contributed by atoms with Gasteiger partial charge in [-0.3, -0.25) is 4.79 Å². The van der Waals surface area contributed by atoms with Crippen molar-refractivity contribution in [3.63, 3.8) is 0 Å². The third-order valence-corrected chi connectivity index (χ3v) is 3.47. The molecule has 0 fully saturated rings. The van der Waals surface area contributed by atoms with Crippen LogP contribution in [-0.2, 0) is 0 Å². The van der Waals surface area contributed by atoms with Gasteiger partial charge in [-0.15, -0.1) is 0 Å². The third kappa shape index (κ3) is 2.21. The summed E-state index contributed by atoms with van der Waals surface area (Å²) < 4.78 is 0. The van der Waals surface area contributed by atoms with Gasteiger partial charge in [0, 0.05) is 10.9 Å². The van der Waals surface area contributed by atoms with Crippen LogP contribution in [0.3, 0.4) is 0 Å². The van der Waals surface area contributed by atoms with Crippen LogP contribution < -0.4 is 0 Å². The number of carbonyl (C=O) groups excluding carboxylic acids is 1. The quantitative estimate of drug-likeness (QED) is 0.650. The van der Waals surface area contributed by atoms with E-state index >= 15 is 0 Å². The maximum atomic E-state index is 12.6. The molecule has 0 aliphatic rings. The van der Waals surface area contributed by atoms with Gasteiger partial charge in [0.05, 0.1) is 5.52 Å². The number of aromatic nitrogens is 1. The van der Waals surface area contributed by atoms with E-state index in [1.807, 2.05) is 62.4 Å². The molecular weight excluding hydrogens is 246 g/mol. The first-order chi connectivity index (χ1) is 9.65. The number of para-hydroxylation sites is 1. The van der Waals surface area contributed by atoms with Gasteiger partial charge in [0.15, 0.2) is 0 Å². The molecule has 0 saturated heterocycles. The van der Waals surface area contributed by atoms with E-state index in [9.17, 15) is 4.79 Å². The van der Waals surface area contributed by atoms with Gasteiger partial charge in [-0.25, -0.2) is 4.98 Å². The fourth-order valence-corrected chi connectivity index (χ4v) is 2.31. The standard InChI is InChI=1S/C18H15NO/c1-12-7-8-13(2)15(11-12)18(20)17-10-9-14-5-3-4-6-16(14)19-17/h3-11H,1-2H3. The molecule has 0 aliphatic carbocycles. The first kappa shape index (κ1) is 12.5. The normalized spacial score (nSPS) is 10.7. The van der Waals surface area contributed by atoms with E-state index in [4.69, 9.17) is 0 Å². The van der Waals surface area contributed by atoms with E-state index in [-0.39, 0.29) is 5.78 Å². The Kier molecular flexibility index (Phi) is 3.07. The second kappa shape index (κ2) is 4.89. The molecular formula is C18H15NO. The Labute approximate surface area is 118 Å². The molecule has 2 heteroatoms. The number of hydrogen-bond acceptors (Lipinski definition) is 2. The van der Waals surface area contributed by atoms with Gasteiger partial charge in [0.25, 0.3) is 0 Å². The van der Waals surface area contributed by atoms with Crippen molar-refractivity contribution in [3.05, 3.63) is 77.0 Å². The number of ketones is 1. The van der Waals surface area contributed by atoms with Crippen LogP contribution in [0.15, 0.2) is 54.6 Å². The molecule has 0 amide bonds. The molecule has 0 N–H and O–H groups in total. The largest absolute Gasteiger partial charge is 0.287 e. The van der Waals surface area contributed by atoms with E-state index in [1.165, 1.54) is 0 Å². The summed E-state index contributed by atoms with van der Waals surface area (Å²) in [4.78, 5) is 17.1. The van der Waals surface area contributed by atoms with Crippen molar-refractivity contribution in [1.82, 2.24) is 4.98 Å². The molecule has 0 spiro atoms. The van der Waals surface area contributed by atoms with Gasteiger partial charge in [0.2, 0.25) is 5.78 Å². The Bertz CT molecular complexity index is 805. The van der Waals surface area contributed by atoms with Gasteiger partial charge < -0.3 is 0 Å². The fourth-order valence-electron chi connectivity index (χ4n) is 2.31. The van der Waals surface area contributed by atoms with E-state index in [0.717, 1.165) is 27.6 Å². The summed E-state index contributed by atoms with van der Waals surface area (Å²) in [6.45, 7) is 3.94. The summed E-state index contributed by atoms with van der Waals surface area (Å²) in [6.07, 6.45) is 0. The number of aryl methyl sites for hydroxylation is 2. The van der Waals surface area contributed by atoms with Gasteiger partial charge >= 0.3 is 0 Å². The topological polar surface area (TPSA) is 30.0 Å². The maximum absolute atomic E-state index is 12.6. The fraction of sp³-hybridized carbons (Fsp3) is 0.111. The highest BCUT2D eigenvalue weighted by molar-refractivity contribution is 6.09. The zero-order chi connectivity index (χ0) is 14.1. The molecule has 0 radical (unpaired) electrons. The van der Waals surface area contributed by atoms with Crippen molar-refractivity contribution in [2.45, 2.75) is 13.8 Å². The van der Waals surface area contributed by atoms with Crippen molar-refractivity contribution < 1.29 is 4.79 Å². The lowest BCUT2D eigenvalue weighted by Crippen LogP contribution is -2.06. The molecule has 20 heavy (non-hydrogen) atoms. The number of benzene rings is 2. The highest BCUT2D eigenvalue weighted by Crippen LogP contribution is 2.17. The Balaban J connectivity index is 2.10. The van der Waals surface area contributed by atoms with Crippen molar-refractivity contribution in [2.24, 2.45) is 0 Å². The van der Waals surface area contributed by atoms with E-state index in [2.05, 4.69) is 4.98 Å². The van der Waals surface area contributed by atoms with E-state index < -0.39 is 0 Å². The van der Waals surface area contributed by atoms with Crippen LogP contribution >= 0.6 is 0 Å². The first-order valence-corrected chi connectivity index (χ1v) is 6.63. The minimum absolute atomic E-state index is 0.0167. The molecule has 3 aromatic rings. The molecule has 1 aromatic heterocycles. The van der Waals surface area contributed by atoms with Gasteiger partial charge in [-0.1, -0.05) is 42.0 Å². The number of fused-ring (bicyclic) bond motifs is 1. The van der Waals surface area contributed by atoms with Crippen LogP contribution in [0.4, 0.5) is 0 Å². The Morgan fingerprint density at radius 3 is 2.60 bits per heavy atom. The molecule has 3 rings (SSSR count). The van der Waals surface area contributed by atoms with Gasteiger partial charge in [-0.2, -0.15) is 0 Å². The predicted molar refractivity (Wildman–Crippen MR) is 81.1 cm³/mol. The lowest BCUT2D eigenvalue weighted by Gasteiger charge is -2.06. The number of pyridine rings is 1. The Hall–Kier alpha value is -2.48. The highest BCUT2D eigenvalue weighted by Gasteiger charge is 2.13. The Morgan fingerprint density at radius 1 is 0.950 bits per heavy atom. The van der Waals surface area contributed by atoms with Gasteiger partial charge in [0.1, 0.15) is 5.69 Å². The average molecular weight is 261 g/mol. The minimum Gasteiger partial charge on any atom is -0.287 e. The van der Waals surface area contributed by atoms with Crippen LogP contribution in [0, 0.1) is 13.8 Å². The van der Waals surface area contributed by atoms with Crippen molar-refractivity contribution in [2.75, 3.05) is 0 Å². The lowest BCUT2D eigenvalue weighted by atomic mass is 9.99. The number of rotatable bonds is 2. The van der Waals surface area contributed by atoms with Crippen molar-refractivity contribution in [1.29, 1.82) is 0 Å². The van der Waals surface area contributed by atoms with E-state index in [1.54, 1.807) is 6.07 Å². The monoisotopic (exact) mass is 261 g/mol. The number of nitrogens with zero attached hydrogens (tertiary/aromatic N) is 1.